The van der Waals surface area contributed by atoms with E-state index in [1.807, 2.05) is 0 Å². The third-order valence-corrected chi connectivity index (χ3v) is 3.87. The predicted octanol–water partition coefficient (Wildman–Crippen LogP) is 2.07. The fraction of sp³-hybridized carbons (Fsp3) is 0.462. The summed E-state index contributed by atoms with van der Waals surface area (Å²) in [5.41, 5.74) is 6.01. The maximum atomic E-state index is 12.0. The molecule has 0 bridgehead atoms. The first kappa shape index (κ1) is 14.6. The van der Waals surface area contributed by atoms with E-state index in [0.717, 1.165) is 18.4 Å². The van der Waals surface area contributed by atoms with Crippen LogP contribution in [0.3, 0.4) is 0 Å². The van der Waals surface area contributed by atoms with Crippen LogP contribution in [0.5, 0.6) is 0 Å². The Bertz CT molecular complexity index is 469. The Morgan fingerprint density at radius 1 is 1.47 bits per heavy atom. The summed E-state index contributed by atoms with van der Waals surface area (Å²) >= 11 is 12.4. The zero-order chi connectivity index (χ0) is 14.0. The molecule has 1 atom stereocenters. The van der Waals surface area contributed by atoms with Crippen LogP contribution in [0.15, 0.2) is 18.2 Å². The molecule has 0 saturated heterocycles. The third-order valence-electron chi connectivity index (χ3n) is 3.24. The average molecular weight is 303 g/mol. The van der Waals surface area contributed by atoms with Crippen molar-refractivity contribution >= 4 is 29.1 Å². The summed E-state index contributed by atoms with van der Waals surface area (Å²) in [5, 5.41) is 4.06. The van der Waals surface area contributed by atoms with Gasteiger partial charge in [-0.3, -0.25) is 4.79 Å². The highest BCUT2D eigenvalue weighted by atomic mass is 35.5. The largest absolute Gasteiger partial charge is 0.383 e. The van der Waals surface area contributed by atoms with Crippen molar-refractivity contribution in [3.63, 3.8) is 0 Å². The highest BCUT2D eigenvalue weighted by Crippen LogP contribution is 2.50. The molecule has 0 aromatic heterocycles. The van der Waals surface area contributed by atoms with E-state index in [0.29, 0.717) is 10.0 Å². The molecule has 0 heterocycles. The van der Waals surface area contributed by atoms with Crippen molar-refractivity contribution in [1.82, 2.24) is 5.32 Å². The molecule has 1 aromatic rings. The Morgan fingerprint density at radius 3 is 2.53 bits per heavy atom. The minimum Gasteiger partial charge on any atom is -0.383 e. The van der Waals surface area contributed by atoms with Crippen molar-refractivity contribution in [3.05, 3.63) is 33.8 Å². The van der Waals surface area contributed by atoms with Gasteiger partial charge in [0.05, 0.1) is 12.1 Å². The summed E-state index contributed by atoms with van der Waals surface area (Å²) in [5.74, 6) is -0.254. The lowest BCUT2D eigenvalue weighted by atomic mass is 10.0. The lowest BCUT2D eigenvalue weighted by Gasteiger charge is -2.22. The van der Waals surface area contributed by atoms with E-state index >= 15 is 0 Å². The van der Waals surface area contributed by atoms with Crippen LogP contribution < -0.4 is 11.1 Å². The van der Waals surface area contributed by atoms with Gasteiger partial charge in [0.25, 0.3) is 0 Å². The molecule has 1 aliphatic rings. The minimum atomic E-state index is -0.691. The molecular weight excluding hydrogens is 287 g/mol. The van der Waals surface area contributed by atoms with E-state index in [4.69, 9.17) is 33.7 Å². The number of ether oxygens (including phenoxy) is 1. The van der Waals surface area contributed by atoms with Gasteiger partial charge in [-0.05, 0) is 25.0 Å². The molecule has 6 heteroatoms. The number of rotatable bonds is 5. The van der Waals surface area contributed by atoms with Gasteiger partial charge in [-0.1, -0.05) is 29.3 Å². The van der Waals surface area contributed by atoms with Gasteiger partial charge in [-0.2, -0.15) is 0 Å². The summed E-state index contributed by atoms with van der Waals surface area (Å²) in [6.45, 7) is 0.179. The monoisotopic (exact) mass is 302 g/mol. The summed E-state index contributed by atoms with van der Waals surface area (Å²) in [6, 6.07) is 4.63. The maximum Gasteiger partial charge on any atom is 0.240 e. The Balaban J connectivity index is 2.18. The highest BCUT2D eigenvalue weighted by molar-refractivity contribution is 6.36. The van der Waals surface area contributed by atoms with Crippen molar-refractivity contribution < 1.29 is 9.53 Å². The molecule has 1 saturated carbocycles. The molecular formula is C13H16Cl2N2O2. The smallest absolute Gasteiger partial charge is 0.240 e. The van der Waals surface area contributed by atoms with E-state index in [1.54, 1.807) is 18.2 Å². The van der Waals surface area contributed by atoms with Crippen molar-refractivity contribution in [2.24, 2.45) is 5.73 Å². The highest BCUT2D eigenvalue weighted by Gasteiger charge is 2.48. The van der Waals surface area contributed by atoms with Crippen molar-refractivity contribution in [2.45, 2.75) is 24.4 Å². The van der Waals surface area contributed by atoms with Gasteiger partial charge in [0.15, 0.2) is 0 Å². The van der Waals surface area contributed by atoms with E-state index in [9.17, 15) is 4.79 Å². The molecule has 4 nitrogen and oxygen atoms in total. The SMILES string of the molecule is COCC(N)C(=O)NC1(c2c(Cl)cccc2Cl)CC1. The first-order chi connectivity index (χ1) is 9.00. The number of benzene rings is 1. The van der Waals surface area contributed by atoms with E-state index < -0.39 is 11.6 Å². The second-order valence-corrected chi connectivity index (χ2v) is 5.54. The van der Waals surface area contributed by atoms with Gasteiger partial charge in [0.2, 0.25) is 5.91 Å². The lowest BCUT2D eigenvalue weighted by Crippen LogP contribution is -2.47. The van der Waals surface area contributed by atoms with Gasteiger partial charge < -0.3 is 15.8 Å². The number of carbonyl (C=O) groups excluding carboxylic acids is 1. The fourth-order valence-electron chi connectivity index (χ4n) is 2.10. The number of hydrogen-bond donors (Lipinski definition) is 2. The Kier molecular flexibility index (Phi) is 4.36. The molecule has 1 amide bonds. The molecule has 0 radical (unpaired) electrons. The Labute approximate surface area is 122 Å². The minimum absolute atomic E-state index is 0.179. The Hall–Kier alpha value is -0.810. The first-order valence-corrected chi connectivity index (χ1v) is 6.77. The van der Waals surface area contributed by atoms with Crippen LogP contribution in [-0.4, -0.2) is 25.7 Å². The maximum absolute atomic E-state index is 12.0. The molecule has 0 spiro atoms. The van der Waals surface area contributed by atoms with Crippen LogP contribution in [-0.2, 0) is 15.1 Å². The van der Waals surface area contributed by atoms with Gasteiger partial charge in [-0.15, -0.1) is 0 Å². The number of nitrogens with one attached hydrogen (secondary N) is 1. The number of nitrogens with two attached hydrogens (primary N) is 1. The second-order valence-electron chi connectivity index (χ2n) is 4.73. The Morgan fingerprint density at radius 2 is 2.05 bits per heavy atom. The summed E-state index contributed by atoms with van der Waals surface area (Å²) in [7, 11) is 1.50. The predicted molar refractivity (Wildman–Crippen MR) is 75.4 cm³/mol. The van der Waals surface area contributed by atoms with Crippen LogP contribution in [0.25, 0.3) is 0 Å². The normalized spacial score (nSPS) is 17.9. The molecule has 3 N–H and O–H groups in total. The second kappa shape index (κ2) is 5.67. The average Bonchev–Trinajstić information content (AvgIpc) is 3.09. The summed E-state index contributed by atoms with van der Waals surface area (Å²) in [6.07, 6.45) is 1.61. The quantitative estimate of drug-likeness (QED) is 0.875. The van der Waals surface area contributed by atoms with Crippen molar-refractivity contribution in [2.75, 3.05) is 13.7 Å². The molecule has 1 aliphatic carbocycles. The van der Waals surface area contributed by atoms with Crippen LogP contribution in [0.2, 0.25) is 10.0 Å². The summed E-state index contributed by atoms with van der Waals surface area (Å²) in [4.78, 5) is 12.0. The molecule has 104 valence electrons. The lowest BCUT2D eigenvalue weighted by molar-refractivity contribution is -0.124. The fourth-order valence-corrected chi connectivity index (χ4v) is 2.86. The van der Waals surface area contributed by atoms with Gasteiger partial charge in [0.1, 0.15) is 6.04 Å². The molecule has 19 heavy (non-hydrogen) atoms. The number of methoxy groups -OCH3 is 1. The molecule has 0 aliphatic heterocycles. The molecule has 1 unspecified atom stereocenters. The topological polar surface area (TPSA) is 64.3 Å². The van der Waals surface area contributed by atoms with Gasteiger partial charge in [0, 0.05) is 22.7 Å². The van der Waals surface area contributed by atoms with E-state index in [1.165, 1.54) is 7.11 Å². The molecule has 1 aromatic carbocycles. The van der Waals surface area contributed by atoms with E-state index in [-0.39, 0.29) is 12.5 Å². The number of amides is 1. The third kappa shape index (κ3) is 3.03. The van der Waals surface area contributed by atoms with Gasteiger partial charge >= 0.3 is 0 Å². The molecule has 2 rings (SSSR count). The zero-order valence-electron chi connectivity index (χ0n) is 10.6. The van der Waals surface area contributed by atoms with E-state index in [2.05, 4.69) is 5.32 Å². The first-order valence-electron chi connectivity index (χ1n) is 6.01. The zero-order valence-corrected chi connectivity index (χ0v) is 12.1. The van der Waals surface area contributed by atoms with Crippen molar-refractivity contribution in [1.29, 1.82) is 0 Å². The summed E-state index contributed by atoms with van der Waals surface area (Å²) < 4.78 is 4.87. The number of hydrogen-bond acceptors (Lipinski definition) is 3. The van der Waals surface area contributed by atoms with Crippen LogP contribution in [0.1, 0.15) is 18.4 Å². The van der Waals surface area contributed by atoms with Gasteiger partial charge in [-0.25, -0.2) is 0 Å². The number of halogens is 2. The number of carbonyl (C=O) groups is 1. The molecule has 1 fully saturated rings. The van der Waals surface area contributed by atoms with Crippen LogP contribution in [0.4, 0.5) is 0 Å². The van der Waals surface area contributed by atoms with Crippen LogP contribution >= 0.6 is 23.2 Å². The van der Waals surface area contributed by atoms with Crippen LogP contribution in [0, 0.1) is 0 Å². The van der Waals surface area contributed by atoms with Crippen molar-refractivity contribution in [3.8, 4) is 0 Å². The standard InChI is InChI=1S/C13H16Cl2N2O2/c1-19-7-10(16)12(18)17-13(5-6-13)11-8(14)3-2-4-9(11)15/h2-4,10H,5-7,16H2,1H3,(H,17,18).